The number of hydroxylamine groups is 1. The van der Waals surface area contributed by atoms with Crippen LogP contribution < -0.4 is 10.4 Å². The van der Waals surface area contributed by atoms with Crippen molar-refractivity contribution in [2.24, 2.45) is 0 Å². The first-order valence-electron chi connectivity index (χ1n) is 11.5. The molecule has 0 atom stereocenters. The van der Waals surface area contributed by atoms with E-state index in [4.69, 9.17) is 4.84 Å². The van der Waals surface area contributed by atoms with Gasteiger partial charge < -0.3 is 9.74 Å². The number of hydrogen-bond acceptors (Lipinski definition) is 5. The minimum Gasteiger partial charge on any atom is -0.372 e. The molecule has 0 radical (unpaired) electrons. The molecular weight excluding hydrogens is 473 g/mol. The van der Waals surface area contributed by atoms with Gasteiger partial charge >= 0.3 is 12.3 Å². The second-order valence-corrected chi connectivity index (χ2v) is 8.42. The molecule has 2 amide bonds. The molecule has 3 aromatic rings. The van der Waals surface area contributed by atoms with Gasteiger partial charge in [-0.1, -0.05) is 36.4 Å². The zero-order valence-electron chi connectivity index (χ0n) is 19.4. The van der Waals surface area contributed by atoms with Crippen molar-refractivity contribution in [1.29, 1.82) is 0 Å². The number of carbonyl (C=O) groups is 2. The van der Waals surface area contributed by atoms with E-state index >= 15 is 0 Å². The first-order chi connectivity index (χ1) is 17.3. The van der Waals surface area contributed by atoms with E-state index in [-0.39, 0.29) is 13.1 Å². The van der Waals surface area contributed by atoms with Gasteiger partial charge in [0, 0.05) is 37.7 Å². The highest BCUT2D eigenvalue weighted by atomic mass is 19.4. The van der Waals surface area contributed by atoms with Crippen LogP contribution in [0, 0.1) is 0 Å². The van der Waals surface area contributed by atoms with E-state index in [1.807, 2.05) is 40.7 Å². The van der Waals surface area contributed by atoms with Gasteiger partial charge in [0.2, 0.25) is 0 Å². The molecule has 1 N–H and O–H groups in total. The summed E-state index contributed by atoms with van der Waals surface area (Å²) in [6.07, 6.45) is -0.635. The number of halogens is 3. The number of amides is 2. The molecule has 0 unspecified atom stereocenters. The Balaban J connectivity index is 1.51. The Morgan fingerprint density at radius 3 is 2.33 bits per heavy atom. The largest absolute Gasteiger partial charge is 0.434 e. The summed E-state index contributed by atoms with van der Waals surface area (Å²) in [5.74, 6) is -1.15. The van der Waals surface area contributed by atoms with Crippen LogP contribution in [0.1, 0.15) is 39.9 Å². The lowest BCUT2D eigenvalue weighted by Gasteiger charge is -2.23. The smallest absolute Gasteiger partial charge is 0.372 e. The number of benzene rings is 2. The molecule has 1 saturated heterocycles. The van der Waals surface area contributed by atoms with Gasteiger partial charge in [0.1, 0.15) is 0 Å². The van der Waals surface area contributed by atoms with Crippen molar-refractivity contribution < 1.29 is 27.6 Å². The fourth-order valence-corrected chi connectivity index (χ4v) is 4.05. The molecule has 0 spiro atoms. The van der Waals surface area contributed by atoms with Crippen molar-refractivity contribution in [2.75, 3.05) is 18.0 Å². The summed E-state index contributed by atoms with van der Waals surface area (Å²) in [4.78, 5) is 37.9. The number of hydrogen-bond donors (Lipinski definition) is 1. The van der Waals surface area contributed by atoms with Crippen LogP contribution in [0.15, 0.2) is 73.1 Å². The predicted molar refractivity (Wildman–Crippen MR) is 127 cm³/mol. The van der Waals surface area contributed by atoms with E-state index < -0.39 is 29.3 Å². The van der Waals surface area contributed by atoms with Crippen molar-refractivity contribution in [3.05, 3.63) is 95.3 Å². The van der Waals surface area contributed by atoms with Gasteiger partial charge in [0.15, 0.2) is 0 Å². The third-order valence-corrected chi connectivity index (χ3v) is 5.83. The molecule has 0 saturated carbocycles. The van der Waals surface area contributed by atoms with Crippen LogP contribution in [0.25, 0.3) is 0 Å². The van der Waals surface area contributed by atoms with Gasteiger partial charge in [-0.05, 0) is 48.2 Å². The standard InChI is InChI=1S/C26H25F3N4O3/c27-26(28,29)23-11-10-21(32-13-4-5-14-32)15-22(23)24(34)31-36-25(35)33(17-19-7-2-1-3-8-19)18-20-9-6-12-30-16-20/h1-3,6-12,15-16H,4-5,13-14,17-18H2,(H,31,34). The van der Waals surface area contributed by atoms with E-state index in [9.17, 15) is 22.8 Å². The van der Waals surface area contributed by atoms with Crippen molar-refractivity contribution in [3.8, 4) is 0 Å². The summed E-state index contributed by atoms with van der Waals surface area (Å²) in [5, 5.41) is 0. The van der Waals surface area contributed by atoms with Crippen molar-refractivity contribution in [3.63, 3.8) is 0 Å². The van der Waals surface area contributed by atoms with E-state index in [0.29, 0.717) is 18.8 Å². The van der Waals surface area contributed by atoms with Crippen LogP contribution in [0.3, 0.4) is 0 Å². The number of alkyl halides is 3. The number of pyridine rings is 1. The van der Waals surface area contributed by atoms with Gasteiger partial charge in [0.05, 0.1) is 17.7 Å². The molecule has 1 aliphatic rings. The maximum absolute atomic E-state index is 13.6. The Kier molecular flexibility index (Phi) is 7.72. The zero-order chi connectivity index (χ0) is 25.5. The fourth-order valence-electron chi connectivity index (χ4n) is 4.05. The first-order valence-corrected chi connectivity index (χ1v) is 11.5. The molecule has 2 aromatic carbocycles. The first kappa shape index (κ1) is 25.0. The second kappa shape index (κ2) is 11.1. The molecule has 7 nitrogen and oxygen atoms in total. The van der Waals surface area contributed by atoms with Crippen LogP contribution >= 0.6 is 0 Å². The second-order valence-electron chi connectivity index (χ2n) is 8.42. The molecule has 2 heterocycles. The van der Waals surface area contributed by atoms with Crippen LogP contribution in [-0.2, 0) is 24.1 Å². The summed E-state index contributed by atoms with van der Waals surface area (Å²) in [6, 6.07) is 16.0. The molecule has 1 aliphatic heterocycles. The van der Waals surface area contributed by atoms with Crippen LogP contribution in [-0.4, -0.2) is 35.0 Å². The maximum Gasteiger partial charge on any atom is 0.434 e. The number of aromatic nitrogens is 1. The van der Waals surface area contributed by atoms with E-state index in [2.05, 4.69) is 4.98 Å². The highest BCUT2D eigenvalue weighted by Gasteiger charge is 2.36. The van der Waals surface area contributed by atoms with Gasteiger partial charge in [-0.15, -0.1) is 0 Å². The lowest BCUT2D eigenvalue weighted by atomic mass is 10.0. The zero-order valence-corrected chi connectivity index (χ0v) is 19.4. The summed E-state index contributed by atoms with van der Waals surface area (Å²) >= 11 is 0. The Morgan fingerprint density at radius 2 is 1.67 bits per heavy atom. The van der Waals surface area contributed by atoms with Gasteiger partial charge in [0.25, 0.3) is 5.91 Å². The normalized spacial score (nSPS) is 13.4. The topological polar surface area (TPSA) is 74.8 Å². The van der Waals surface area contributed by atoms with Crippen molar-refractivity contribution >= 4 is 17.7 Å². The SMILES string of the molecule is O=C(NOC(=O)N(Cc1ccccc1)Cc1cccnc1)c1cc(N2CCCC2)ccc1C(F)(F)F. The number of carbonyl (C=O) groups excluding carboxylic acids is 2. The van der Waals surface area contributed by atoms with Gasteiger partial charge in [-0.25, -0.2) is 4.79 Å². The highest BCUT2D eigenvalue weighted by molar-refractivity contribution is 5.96. The Hall–Kier alpha value is -4.08. The average Bonchev–Trinajstić information content (AvgIpc) is 3.42. The third-order valence-electron chi connectivity index (χ3n) is 5.83. The Morgan fingerprint density at radius 1 is 0.972 bits per heavy atom. The van der Waals surface area contributed by atoms with Gasteiger partial charge in [-0.2, -0.15) is 18.7 Å². The quantitative estimate of drug-likeness (QED) is 0.474. The molecule has 1 aromatic heterocycles. The minimum atomic E-state index is -4.75. The molecule has 0 aliphatic carbocycles. The average molecular weight is 499 g/mol. The number of anilines is 1. The minimum absolute atomic E-state index is 0.121. The Bertz CT molecular complexity index is 1140. The predicted octanol–water partition coefficient (Wildman–Crippen LogP) is 5.18. The van der Waals surface area contributed by atoms with Crippen LogP contribution in [0.5, 0.6) is 0 Å². The summed E-state index contributed by atoms with van der Waals surface area (Å²) in [7, 11) is 0. The lowest BCUT2D eigenvalue weighted by molar-refractivity contribution is -0.138. The van der Waals surface area contributed by atoms with Crippen LogP contribution in [0.4, 0.5) is 23.7 Å². The number of nitrogens with zero attached hydrogens (tertiary/aromatic N) is 3. The molecule has 4 rings (SSSR count). The summed E-state index contributed by atoms with van der Waals surface area (Å²) < 4.78 is 40.8. The molecule has 36 heavy (non-hydrogen) atoms. The van der Waals surface area contributed by atoms with Crippen molar-refractivity contribution in [1.82, 2.24) is 15.4 Å². The molecule has 10 heteroatoms. The fraction of sp³-hybridized carbons (Fsp3) is 0.269. The summed E-state index contributed by atoms with van der Waals surface area (Å²) in [6.45, 7) is 1.67. The van der Waals surface area contributed by atoms with Crippen LogP contribution in [0.2, 0.25) is 0 Å². The van der Waals surface area contributed by atoms with Gasteiger partial charge in [-0.3, -0.25) is 14.7 Å². The van der Waals surface area contributed by atoms with E-state index in [0.717, 1.165) is 30.0 Å². The monoisotopic (exact) mass is 498 g/mol. The van der Waals surface area contributed by atoms with E-state index in [1.165, 1.54) is 17.0 Å². The molecule has 0 bridgehead atoms. The number of nitrogens with one attached hydrogen (secondary N) is 1. The lowest BCUT2D eigenvalue weighted by Crippen LogP contribution is -2.37. The molecule has 188 valence electrons. The van der Waals surface area contributed by atoms with Crippen molar-refractivity contribution in [2.45, 2.75) is 32.1 Å². The Labute approximate surface area is 206 Å². The maximum atomic E-state index is 13.6. The number of rotatable bonds is 6. The highest BCUT2D eigenvalue weighted by Crippen LogP contribution is 2.34. The summed E-state index contributed by atoms with van der Waals surface area (Å²) in [5.41, 5.74) is 2.24. The van der Waals surface area contributed by atoms with E-state index in [1.54, 1.807) is 24.5 Å². The third kappa shape index (κ3) is 6.32. The molecular formula is C26H25F3N4O3. The molecule has 1 fully saturated rings.